The lowest BCUT2D eigenvalue weighted by Gasteiger charge is -2.13. The molecule has 0 aliphatic carbocycles. The van der Waals surface area contributed by atoms with E-state index < -0.39 is 0 Å². The summed E-state index contributed by atoms with van der Waals surface area (Å²) in [6.07, 6.45) is 1.53. The Morgan fingerprint density at radius 1 is 1.25 bits per heavy atom. The van der Waals surface area contributed by atoms with Crippen LogP contribution in [-0.4, -0.2) is 16.7 Å². The molecular formula is C15H15ClN2O2. The van der Waals surface area contributed by atoms with Crippen molar-refractivity contribution in [2.75, 3.05) is 0 Å². The van der Waals surface area contributed by atoms with Gasteiger partial charge in [0, 0.05) is 16.8 Å². The molecule has 4 nitrogen and oxygen atoms in total. The molecule has 104 valence electrons. The molecule has 0 spiro atoms. The number of hydrogen-bond donors (Lipinski definition) is 2. The van der Waals surface area contributed by atoms with Gasteiger partial charge < -0.3 is 10.3 Å². The van der Waals surface area contributed by atoms with Gasteiger partial charge in [-0.3, -0.25) is 9.59 Å². The van der Waals surface area contributed by atoms with Gasteiger partial charge in [0.25, 0.3) is 5.91 Å². The van der Waals surface area contributed by atoms with Gasteiger partial charge in [-0.15, -0.1) is 0 Å². The van der Waals surface area contributed by atoms with E-state index in [1.807, 2.05) is 19.1 Å². The predicted molar refractivity (Wildman–Crippen MR) is 78.1 cm³/mol. The number of carbonyl (C=O) groups excluding carboxylic acids is 2. The van der Waals surface area contributed by atoms with E-state index in [4.69, 9.17) is 11.6 Å². The Hall–Kier alpha value is -2.07. The maximum Gasteiger partial charge on any atom is 0.268 e. The van der Waals surface area contributed by atoms with Gasteiger partial charge in [-0.2, -0.15) is 0 Å². The molecule has 2 N–H and O–H groups in total. The van der Waals surface area contributed by atoms with Crippen LogP contribution >= 0.6 is 11.6 Å². The average Bonchev–Trinajstić information content (AvgIpc) is 2.89. The van der Waals surface area contributed by atoms with Crippen LogP contribution in [0.2, 0.25) is 5.02 Å². The minimum absolute atomic E-state index is 0.0777. The van der Waals surface area contributed by atoms with E-state index in [9.17, 15) is 9.59 Å². The van der Waals surface area contributed by atoms with Crippen LogP contribution in [0.25, 0.3) is 0 Å². The number of rotatable bonds is 4. The topological polar surface area (TPSA) is 62.0 Å². The fraction of sp³-hybridized carbons (Fsp3) is 0.200. The van der Waals surface area contributed by atoms with Gasteiger partial charge in [0.15, 0.2) is 5.78 Å². The van der Waals surface area contributed by atoms with Crippen molar-refractivity contribution >= 4 is 23.3 Å². The molecule has 1 aromatic carbocycles. The molecule has 2 aromatic rings. The highest BCUT2D eigenvalue weighted by Crippen LogP contribution is 2.16. The molecule has 1 heterocycles. The maximum absolute atomic E-state index is 12.1. The molecule has 0 unspecified atom stereocenters. The first-order valence-corrected chi connectivity index (χ1v) is 6.61. The molecule has 2 rings (SSSR count). The van der Waals surface area contributed by atoms with E-state index in [-0.39, 0.29) is 17.7 Å². The van der Waals surface area contributed by atoms with Crippen LogP contribution in [0.15, 0.2) is 36.5 Å². The minimum atomic E-state index is -0.250. The fourth-order valence-corrected chi connectivity index (χ4v) is 1.96. The molecule has 1 amide bonds. The van der Waals surface area contributed by atoms with Gasteiger partial charge in [-0.1, -0.05) is 23.7 Å². The Balaban J connectivity index is 2.06. The third-order valence-corrected chi connectivity index (χ3v) is 3.30. The zero-order valence-corrected chi connectivity index (χ0v) is 12.0. The van der Waals surface area contributed by atoms with Gasteiger partial charge >= 0.3 is 0 Å². The third kappa shape index (κ3) is 3.27. The molecule has 0 bridgehead atoms. The molecule has 1 aromatic heterocycles. The second kappa shape index (κ2) is 5.92. The highest BCUT2D eigenvalue weighted by molar-refractivity contribution is 6.30. The van der Waals surface area contributed by atoms with Crippen LogP contribution in [0.3, 0.4) is 0 Å². The average molecular weight is 291 g/mol. The van der Waals surface area contributed by atoms with Gasteiger partial charge in [0.1, 0.15) is 5.69 Å². The first-order valence-electron chi connectivity index (χ1n) is 6.23. The maximum atomic E-state index is 12.1. The van der Waals surface area contributed by atoms with Crippen LogP contribution in [0.4, 0.5) is 0 Å². The first-order chi connectivity index (χ1) is 9.47. The quantitative estimate of drug-likeness (QED) is 0.848. The normalized spacial score (nSPS) is 11.9. The van der Waals surface area contributed by atoms with E-state index >= 15 is 0 Å². The van der Waals surface area contributed by atoms with E-state index in [1.54, 1.807) is 18.2 Å². The Bertz CT molecular complexity index is 632. The summed E-state index contributed by atoms with van der Waals surface area (Å²) < 4.78 is 0. The number of aromatic nitrogens is 1. The van der Waals surface area contributed by atoms with Crippen LogP contribution in [0, 0.1) is 0 Å². The monoisotopic (exact) mass is 290 g/mol. The fourth-order valence-electron chi connectivity index (χ4n) is 1.84. The molecule has 0 aliphatic heterocycles. The van der Waals surface area contributed by atoms with Crippen molar-refractivity contribution in [2.45, 2.75) is 19.9 Å². The number of carbonyl (C=O) groups is 2. The smallest absolute Gasteiger partial charge is 0.268 e. The van der Waals surface area contributed by atoms with Crippen molar-refractivity contribution in [3.05, 3.63) is 58.4 Å². The van der Waals surface area contributed by atoms with Gasteiger partial charge in [0.2, 0.25) is 0 Å². The lowest BCUT2D eigenvalue weighted by Crippen LogP contribution is -2.26. The highest BCUT2D eigenvalue weighted by Gasteiger charge is 2.14. The Labute approximate surface area is 122 Å². The zero-order chi connectivity index (χ0) is 14.7. The molecular weight excluding hydrogens is 276 g/mol. The Morgan fingerprint density at radius 3 is 2.45 bits per heavy atom. The van der Waals surface area contributed by atoms with Gasteiger partial charge in [0.05, 0.1) is 6.04 Å². The number of H-pyrrole nitrogens is 1. The van der Waals surface area contributed by atoms with E-state index in [1.165, 1.54) is 13.1 Å². The van der Waals surface area contributed by atoms with Crippen LogP contribution in [-0.2, 0) is 0 Å². The standard InChI is InChI=1S/C15H15ClN2O2/c1-9(11-3-5-13(16)6-4-11)18-15(20)14-7-12(8-17-14)10(2)19/h3-9,17H,1-2H3,(H,18,20)/t9-/m1/s1. The SMILES string of the molecule is CC(=O)c1c[nH]c(C(=O)N[C@H](C)c2ccc(Cl)cc2)c1. The summed E-state index contributed by atoms with van der Waals surface area (Å²) >= 11 is 5.83. The summed E-state index contributed by atoms with van der Waals surface area (Å²) in [5.74, 6) is -0.328. The van der Waals surface area contributed by atoms with Gasteiger partial charge in [-0.25, -0.2) is 0 Å². The Kier molecular flexibility index (Phi) is 4.25. The second-order valence-electron chi connectivity index (χ2n) is 4.60. The number of Topliss-reactive ketones (excluding diaryl/α,β-unsaturated/α-hetero) is 1. The number of hydrogen-bond acceptors (Lipinski definition) is 2. The summed E-state index contributed by atoms with van der Waals surface area (Å²) in [6.45, 7) is 3.34. The summed E-state index contributed by atoms with van der Waals surface area (Å²) in [5, 5.41) is 3.51. The Morgan fingerprint density at radius 2 is 1.90 bits per heavy atom. The molecule has 0 saturated heterocycles. The summed E-state index contributed by atoms with van der Waals surface area (Å²) in [5.41, 5.74) is 1.83. The van der Waals surface area contributed by atoms with Crippen LogP contribution in [0.1, 0.15) is 46.3 Å². The largest absolute Gasteiger partial charge is 0.356 e. The van der Waals surface area contributed by atoms with Crippen molar-refractivity contribution in [1.82, 2.24) is 10.3 Å². The van der Waals surface area contributed by atoms with E-state index in [0.29, 0.717) is 16.3 Å². The van der Waals surface area contributed by atoms with Crippen molar-refractivity contribution in [1.29, 1.82) is 0 Å². The van der Waals surface area contributed by atoms with E-state index in [2.05, 4.69) is 10.3 Å². The van der Waals surface area contributed by atoms with Crippen molar-refractivity contribution in [3.8, 4) is 0 Å². The summed E-state index contributed by atoms with van der Waals surface area (Å²) in [7, 11) is 0. The molecule has 0 fully saturated rings. The molecule has 5 heteroatoms. The van der Waals surface area contributed by atoms with Crippen LogP contribution in [0.5, 0.6) is 0 Å². The molecule has 1 atom stereocenters. The number of nitrogens with one attached hydrogen (secondary N) is 2. The summed E-state index contributed by atoms with van der Waals surface area (Å²) in [6, 6.07) is 8.69. The predicted octanol–water partition coefficient (Wildman–Crippen LogP) is 3.36. The van der Waals surface area contributed by atoms with E-state index in [0.717, 1.165) is 5.56 Å². The molecule has 20 heavy (non-hydrogen) atoms. The number of amides is 1. The molecule has 0 aliphatic rings. The van der Waals surface area contributed by atoms with Crippen LogP contribution < -0.4 is 5.32 Å². The minimum Gasteiger partial charge on any atom is -0.356 e. The van der Waals surface area contributed by atoms with Gasteiger partial charge in [-0.05, 0) is 37.6 Å². The highest BCUT2D eigenvalue weighted by atomic mass is 35.5. The number of halogens is 1. The van der Waals surface area contributed by atoms with Crippen molar-refractivity contribution in [2.24, 2.45) is 0 Å². The summed E-state index contributed by atoms with van der Waals surface area (Å²) in [4.78, 5) is 26.0. The van der Waals surface area contributed by atoms with Crippen molar-refractivity contribution in [3.63, 3.8) is 0 Å². The first kappa shape index (κ1) is 14.3. The second-order valence-corrected chi connectivity index (χ2v) is 5.04. The third-order valence-electron chi connectivity index (χ3n) is 3.05. The lowest BCUT2D eigenvalue weighted by molar-refractivity contribution is 0.0935. The number of aromatic amines is 1. The molecule has 0 radical (unpaired) electrons. The molecule has 0 saturated carbocycles. The lowest BCUT2D eigenvalue weighted by atomic mass is 10.1. The zero-order valence-electron chi connectivity index (χ0n) is 11.2. The van der Waals surface area contributed by atoms with Crippen molar-refractivity contribution < 1.29 is 9.59 Å². The number of benzene rings is 1. The number of ketones is 1.